The molecule has 0 amide bonds. The van der Waals surface area contributed by atoms with Crippen LogP contribution in [0.25, 0.3) is 0 Å². The van der Waals surface area contributed by atoms with Crippen LogP contribution < -0.4 is 0 Å². The number of hydrogen-bond acceptors (Lipinski definition) is 12. The first-order valence-corrected chi connectivity index (χ1v) is 22.2. The number of phosphoric acid groups is 1. The summed E-state index contributed by atoms with van der Waals surface area (Å²) in [6.07, 6.45) is 0.337. The number of rotatable bonds is 22. The molecule has 3 fully saturated rings. The number of aliphatic hydroxyl groups is 1. The Bertz CT molecular complexity index is 1400. The maximum atomic E-state index is 13.9. The molecule has 0 bridgehead atoms. The molecule has 0 saturated carbocycles. The van der Waals surface area contributed by atoms with Crippen molar-refractivity contribution in [3.8, 4) is 0 Å². The average molecular weight is 812 g/mol. The summed E-state index contributed by atoms with van der Waals surface area (Å²) in [4.78, 5) is 20.4. The van der Waals surface area contributed by atoms with Gasteiger partial charge in [-0.2, -0.15) is 4.31 Å². The Balaban J connectivity index is 1.64. The second-order valence-electron chi connectivity index (χ2n) is 11.8. The number of phosphoric ester groups is 1. The van der Waals surface area contributed by atoms with Crippen molar-refractivity contribution in [2.45, 2.75) is 19.3 Å². The third kappa shape index (κ3) is 13.6. The second kappa shape index (κ2) is 19.6. The average Bonchev–Trinajstić information content (AvgIpc) is 3.67. The minimum atomic E-state index is -4.76. The van der Waals surface area contributed by atoms with Crippen LogP contribution in [-0.4, -0.2) is 186 Å². The van der Waals surface area contributed by atoms with Gasteiger partial charge >= 0.3 is 31.1 Å². The molecule has 3 saturated heterocycles. The van der Waals surface area contributed by atoms with E-state index in [9.17, 15) is 23.2 Å². The minimum absolute atomic E-state index is 0.0167. The highest BCUT2D eigenvalue weighted by atomic mass is 31.3. The van der Waals surface area contributed by atoms with Crippen LogP contribution in [0.4, 0.5) is 0 Å². The van der Waals surface area contributed by atoms with Gasteiger partial charge in [0.15, 0.2) is 0 Å². The van der Waals surface area contributed by atoms with Crippen molar-refractivity contribution < 1.29 is 59.7 Å². The fraction of sp³-hybridized carbons (Fsp3) is 0.880. The molecular formula is C25H53N9O13P4. The summed E-state index contributed by atoms with van der Waals surface area (Å²) in [6.45, 7) is 2.69. The zero-order valence-corrected chi connectivity index (χ0v) is 33.9. The molecule has 3 heterocycles. The van der Waals surface area contributed by atoms with E-state index in [1.807, 2.05) is 23.9 Å². The Morgan fingerprint density at radius 1 is 0.529 bits per heavy atom. The highest BCUT2D eigenvalue weighted by molar-refractivity contribution is 7.63. The van der Waals surface area contributed by atoms with E-state index in [1.54, 1.807) is 47.8 Å². The molecule has 22 nitrogen and oxygen atoms in total. The summed E-state index contributed by atoms with van der Waals surface area (Å²) < 4.78 is 103. The number of guanidine groups is 3. The third-order valence-electron chi connectivity index (χ3n) is 7.59. The number of aliphatic hydroxyl groups excluding tert-OH is 1. The van der Waals surface area contributed by atoms with Crippen molar-refractivity contribution >= 4 is 48.9 Å². The van der Waals surface area contributed by atoms with Crippen molar-refractivity contribution in [2.75, 3.05) is 128 Å². The number of likely N-dealkylation sites (N-methyl/N-ethyl adjacent to an activating group) is 6. The van der Waals surface area contributed by atoms with E-state index < -0.39 is 31.1 Å². The third-order valence-corrected chi connectivity index (χ3v) is 13.5. The van der Waals surface area contributed by atoms with Gasteiger partial charge in [-0.15, -0.1) is 14.3 Å². The van der Waals surface area contributed by atoms with Crippen LogP contribution in [0.3, 0.4) is 0 Å². The maximum Gasteiger partial charge on any atom is 0.480 e. The zero-order valence-electron chi connectivity index (χ0n) is 30.3. The Morgan fingerprint density at radius 2 is 0.804 bits per heavy atom. The van der Waals surface area contributed by atoms with Crippen molar-refractivity contribution in [1.82, 2.24) is 29.4 Å². The molecule has 51 heavy (non-hydrogen) atoms. The molecule has 3 aliphatic heterocycles. The molecule has 26 heteroatoms. The first-order valence-electron chi connectivity index (χ1n) is 16.3. The minimum Gasteiger partial charge on any atom is -0.396 e. The predicted molar refractivity (Wildman–Crippen MR) is 190 cm³/mol. The lowest BCUT2D eigenvalue weighted by atomic mass is 10.5. The van der Waals surface area contributed by atoms with E-state index in [4.69, 9.17) is 32.0 Å². The standard InChI is InChI=1S/C25H53N9O13P4/c1-29-11-12-30(2)23(29)26-48(36,42-18-8-17-35)43-19-9-20-44-49(37,27-24-31(3)13-14-32(24)4)45-21-10-22-46-50(38,47-51(39,40)41-7)28-25-33(5)15-16-34(25)6/h35H,8-22H2,1-7H3,(H,39,40). The zero-order chi connectivity index (χ0) is 37.9. The van der Waals surface area contributed by atoms with E-state index in [0.29, 0.717) is 51.2 Å². The van der Waals surface area contributed by atoms with E-state index in [0.717, 1.165) is 7.11 Å². The second-order valence-corrected chi connectivity index (χ2v) is 18.5. The highest BCUT2D eigenvalue weighted by Gasteiger charge is 2.39. The Hall–Kier alpha value is -1.63. The first-order chi connectivity index (χ1) is 23.9. The van der Waals surface area contributed by atoms with Gasteiger partial charge < -0.3 is 39.4 Å². The number of hydrogen-bond donors (Lipinski definition) is 2. The maximum absolute atomic E-state index is 13.9. The molecule has 0 aromatic heterocycles. The van der Waals surface area contributed by atoms with Crippen molar-refractivity contribution in [1.29, 1.82) is 0 Å². The van der Waals surface area contributed by atoms with Gasteiger partial charge in [-0.05, 0) is 19.3 Å². The molecule has 2 N–H and O–H groups in total. The van der Waals surface area contributed by atoms with E-state index in [-0.39, 0.29) is 64.9 Å². The van der Waals surface area contributed by atoms with Gasteiger partial charge in [-0.1, -0.05) is 0 Å². The summed E-state index contributed by atoms with van der Waals surface area (Å²) in [6, 6.07) is 0. The van der Waals surface area contributed by atoms with Gasteiger partial charge in [-0.3, -0.25) is 27.1 Å². The molecule has 4 atom stereocenters. The Kier molecular flexibility index (Phi) is 16.8. The molecule has 296 valence electrons. The Morgan fingerprint density at radius 3 is 1.10 bits per heavy atom. The van der Waals surface area contributed by atoms with Gasteiger partial charge in [0, 0.05) is 95.3 Å². The first kappa shape index (κ1) is 43.8. The van der Waals surface area contributed by atoms with Gasteiger partial charge in [0.05, 0.1) is 33.0 Å². The van der Waals surface area contributed by atoms with E-state index >= 15 is 0 Å². The molecule has 3 rings (SSSR count). The van der Waals surface area contributed by atoms with E-state index in [2.05, 4.69) is 18.8 Å². The van der Waals surface area contributed by atoms with Crippen LogP contribution in [0, 0.1) is 0 Å². The molecule has 0 spiro atoms. The summed E-state index contributed by atoms with van der Waals surface area (Å²) in [5, 5.41) is 9.14. The Labute approximate surface area is 299 Å². The van der Waals surface area contributed by atoms with Crippen LogP contribution >= 0.6 is 31.1 Å². The summed E-state index contributed by atoms with van der Waals surface area (Å²) in [5.41, 5.74) is 0. The summed E-state index contributed by atoms with van der Waals surface area (Å²) in [7, 11) is -5.98. The lowest BCUT2D eigenvalue weighted by Gasteiger charge is -2.21. The van der Waals surface area contributed by atoms with E-state index in [1.165, 1.54) is 0 Å². The van der Waals surface area contributed by atoms with Gasteiger partial charge in [0.2, 0.25) is 17.9 Å². The van der Waals surface area contributed by atoms with Crippen LogP contribution in [0.1, 0.15) is 19.3 Å². The topological polar surface area (TPSA) is 230 Å². The molecule has 0 aliphatic carbocycles. The number of nitrogens with zero attached hydrogens (tertiary/aromatic N) is 9. The molecule has 3 aliphatic rings. The summed E-state index contributed by atoms with van der Waals surface area (Å²) >= 11 is 0. The van der Waals surface area contributed by atoms with Crippen molar-refractivity contribution in [3.63, 3.8) is 0 Å². The molecule has 0 aromatic carbocycles. The van der Waals surface area contributed by atoms with Crippen LogP contribution in [0.2, 0.25) is 0 Å². The monoisotopic (exact) mass is 811 g/mol. The fourth-order valence-electron chi connectivity index (χ4n) is 4.67. The fourth-order valence-corrected chi connectivity index (χ4v) is 10.1. The SMILES string of the molecule is COP(=O)(O)OP(=O)(N=C1N(C)CCN1C)OCCCOP(=O)(N=C1N(C)CCN1C)OCCCOP(=O)(N=C1N(C)CCN1C)OCCCO. The van der Waals surface area contributed by atoms with Crippen molar-refractivity contribution in [2.24, 2.45) is 14.3 Å². The molecule has 0 aromatic rings. The quantitative estimate of drug-likeness (QED) is 0.118. The lowest BCUT2D eigenvalue weighted by Crippen LogP contribution is -2.28. The predicted octanol–water partition coefficient (Wildman–Crippen LogP) is 2.02. The van der Waals surface area contributed by atoms with Crippen molar-refractivity contribution in [3.05, 3.63) is 0 Å². The van der Waals surface area contributed by atoms with Gasteiger partial charge in [0.25, 0.3) is 0 Å². The van der Waals surface area contributed by atoms with Gasteiger partial charge in [0.1, 0.15) is 0 Å². The summed E-state index contributed by atoms with van der Waals surface area (Å²) in [5.74, 6) is 1.05. The van der Waals surface area contributed by atoms with Crippen LogP contribution in [0.15, 0.2) is 14.3 Å². The molecule has 4 unspecified atom stereocenters. The van der Waals surface area contributed by atoms with Gasteiger partial charge in [-0.25, -0.2) is 18.3 Å². The molecular weight excluding hydrogens is 758 g/mol. The largest absolute Gasteiger partial charge is 0.480 e. The smallest absolute Gasteiger partial charge is 0.396 e. The molecule has 0 radical (unpaired) electrons. The lowest BCUT2D eigenvalue weighted by molar-refractivity contribution is 0.160. The van der Waals surface area contributed by atoms with Crippen LogP contribution in [-0.2, 0) is 49.7 Å². The highest BCUT2D eigenvalue weighted by Crippen LogP contribution is 2.64. The normalized spacial score (nSPS) is 21.6. The van der Waals surface area contributed by atoms with Crippen LogP contribution in [0.5, 0.6) is 0 Å².